The van der Waals surface area contributed by atoms with Gasteiger partial charge in [0.05, 0.1) is 37.7 Å². The minimum Gasteiger partial charge on any atom is -0.491 e. The number of benzene rings is 3. The lowest BCUT2D eigenvalue weighted by Crippen LogP contribution is -2.47. The van der Waals surface area contributed by atoms with Gasteiger partial charge in [-0.3, -0.25) is 13.9 Å². The smallest absolute Gasteiger partial charge is 0.334 e. The zero-order chi connectivity index (χ0) is 30.3. The first kappa shape index (κ1) is 29.7. The third kappa shape index (κ3) is 6.42. The maximum atomic E-state index is 14.6. The van der Waals surface area contributed by atoms with Crippen molar-refractivity contribution in [1.82, 2.24) is 19.4 Å². The summed E-state index contributed by atoms with van der Waals surface area (Å²) < 4.78 is 19.9. The largest absolute Gasteiger partial charge is 0.491 e. The van der Waals surface area contributed by atoms with Gasteiger partial charge in [0.25, 0.3) is 5.91 Å². The highest BCUT2D eigenvalue weighted by Gasteiger charge is 2.31. The van der Waals surface area contributed by atoms with E-state index in [4.69, 9.17) is 14.2 Å². The van der Waals surface area contributed by atoms with Crippen molar-refractivity contribution in [3.05, 3.63) is 101 Å². The number of amides is 1. The molecule has 1 aromatic heterocycles. The molecule has 10 heteroatoms. The Morgan fingerprint density at radius 2 is 1.61 bits per heavy atom. The lowest BCUT2D eigenvalue weighted by Gasteiger charge is -2.29. The molecule has 10 nitrogen and oxygen atoms in total. The highest BCUT2D eigenvalue weighted by molar-refractivity contribution is 5.99. The van der Waals surface area contributed by atoms with Crippen LogP contribution in [0.3, 0.4) is 0 Å². The SMILES string of the molecule is COCCOc1cccc(Cn2c(C(=O)N3CCNCC3)c(-c3ccccc3)n(-c3cccc(N4CCOCC4)c3)c2=O)c1. The number of imidazole rings is 1. The molecule has 0 unspecified atom stereocenters. The van der Waals surface area contributed by atoms with Crippen molar-refractivity contribution in [2.45, 2.75) is 6.54 Å². The van der Waals surface area contributed by atoms with Gasteiger partial charge in [0.15, 0.2) is 0 Å². The van der Waals surface area contributed by atoms with E-state index in [1.54, 1.807) is 16.2 Å². The first-order valence-corrected chi connectivity index (χ1v) is 15.2. The second-order valence-corrected chi connectivity index (χ2v) is 10.9. The minimum absolute atomic E-state index is 0.155. The van der Waals surface area contributed by atoms with Gasteiger partial charge in [-0.25, -0.2) is 4.79 Å². The van der Waals surface area contributed by atoms with Crippen molar-refractivity contribution in [3.8, 4) is 22.7 Å². The van der Waals surface area contributed by atoms with Crippen molar-refractivity contribution in [3.63, 3.8) is 0 Å². The minimum atomic E-state index is -0.271. The summed E-state index contributed by atoms with van der Waals surface area (Å²) >= 11 is 0. The average Bonchev–Trinajstić information content (AvgIpc) is 3.37. The van der Waals surface area contributed by atoms with E-state index >= 15 is 0 Å². The molecule has 0 spiro atoms. The highest BCUT2D eigenvalue weighted by atomic mass is 16.5. The number of nitrogens with zero attached hydrogens (tertiary/aromatic N) is 4. The fourth-order valence-corrected chi connectivity index (χ4v) is 5.84. The van der Waals surface area contributed by atoms with Crippen LogP contribution in [0, 0.1) is 0 Å². The average molecular weight is 598 g/mol. The molecule has 2 aliphatic rings. The van der Waals surface area contributed by atoms with E-state index in [-0.39, 0.29) is 18.1 Å². The highest BCUT2D eigenvalue weighted by Crippen LogP contribution is 2.30. The lowest BCUT2D eigenvalue weighted by molar-refractivity contribution is 0.0725. The number of aromatic nitrogens is 2. The summed E-state index contributed by atoms with van der Waals surface area (Å²) in [5, 5.41) is 3.32. The quantitative estimate of drug-likeness (QED) is 0.281. The van der Waals surface area contributed by atoms with Crippen molar-refractivity contribution in [1.29, 1.82) is 0 Å². The molecule has 0 saturated carbocycles. The number of hydrogen-bond acceptors (Lipinski definition) is 7. The maximum Gasteiger partial charge on any atom is 0.334 e. The van der Waals surface area contributed by atoms with E-state index in [0.717, 1.165) is 29.9 Å². The molecule has 44 heavy (non-hydrogen) atoms. The van der Waals surface area contributed by atoms with Gasteiger partial charge in [0, 0.05) is 57.6 Å². The van der Waals surface area contributed by atoms with Crippen LogP contribution in [0.2, 0.25) is 0 Å². The normalized spacial score (nSPS) is 15.4. The number of nitrogens with one attached hydrogen (secondary N) is 1. The summed E-state index contributed by atoms with van der Waals surface area (Å²) in [6, 6.07) is 25.4. The zero-order valence-electron chi connectivity index (χ0n) is 25.1. The number of anilines is 1. The predicted octanol–water partition coefficient (Wildman–Crippen LogP) is 3.26. The monoisotopic (exact) mass is 597 g/mol. The molecule has 2 aliphatic heterocycles. The molecule has 1 amide bonds. The third-order valence-corrected chi connectivity index (χ3v) is 8.05. The van der Waals surface area contributed by atoms with E-state index in [2.05, 4.69) is 16.3 Å². The molecule has 0 aliphatic carbocycles. The van der Waals surface area contributed by atoms with Crippen LogP contribution in [0.5, 0.6) is 5.75 Å². The van der Waals surface area contributed by atoms with Crippen molar-refractivity contribution < 1.29 is 19.0 Å². The van der Waals surface area contributed by atoms with Gasteiger partial charge < -0.3 is 29.3 Å². The number of ether oxygens (including phenoxy) is 3. The summed E-state index contributed by atoms with van der Waals surface area (Å²) in [5.41, 5.74) is 4.08. The summed E-state index contributed by atoms with van der Waals surface area (Å²) in [5.74, 6) is 0.529. The molecular weight excluding hydrogens is 558 g/mol. The van der Waals surface area contributed by atoms with E-state index in [1.807, 2.05) is 77.7 Å². The Bertz CT molecular complexity index is 1620. The molecule has 6 rings (SSSR count). The van der Waals surface area contributed by atoms with E-state index in [9.17, 15) is 9.59 Å². The predicted molar refractivity (Wildman–Crippen MR) is 170 cm³/mol. The molecule has 4 aromatic rings. The first-order chi connectivity index (χ1) is 21.6. The Balaban J connectivity index is 1.51. The second kappa shape index (κ2) is 13.9. The van der Waals surface area contributed by atoms with Crippen LogP contribution in [-0.2, 0) is 16.0 Å². The van der Waals surface area contributed by atoms with Crippen LogP contribution in [0.4, 0.5) is 5.69 Å². The number of rotatable bonds is 10. The van der Waals surface area contributed by atoms with Gasteiger partial charge in [0.1, 0.15) is 18.1 Å². The number of carbonyl (C=O) groups excluding carboxylic acids is 1. The Morgan fingerprint density at radius 3 is 2.39 bits per heavy atom. The van der Waals surface area contributed by atoms with E-state index in [0.29, 0.717) is 75.4 Å². The van der Waals surface area contributed by atoms with Crippen LogP contribution < -0.4 is 20.6 Å². The van der Waals surface area contributed by atoms with E-state index < -0.39 is 0 Å². The van der Waals surface area contributed by atoms with Crippen LogP contribution in [0.15, 0.2) is 83.7 Å². The Morgan fingerprint density at radius 1 is 0.864 bits per heavy atom. The third-order valence-electron chi connectivity index (χ3n) is 8.05. The van der Waals surface area contributed by atoms with Crippen molar-refractivity contribution in [2.24, 2.45) is 0 Å². The molecule has 3 aromatic carbocycles. The lowest BCUT2D eigenvalue weighted by atomic mass is 10.1. The summed E-state index contributed by atoms with van der Waals surface area (Å²) in [4.78, 5) is 33.1. The molecule has 0 bridgehead atoms. The molecule has 0 radical (unpaired) electrons. The molecule has 2 fully saturated rings. The van der Waals surface area contributed by atoms with Gasteiger partial charge in [0.2, 0.25) is 0 Å². The molecule has 2 saturated heterocycles. The van der Waals surface area contributed by atoms with Crippen LogP contribution in [0.25, 0.3) is 16.9 Å². The molecular formula is C34H39N5O5. The Hall–Kier alpha value is -4.38. The number of carbonyl (C=O) groups is 1. The topological polar surface area (TPSA) is 90.2 Å². The Kier molecular flexibility index (Phi) is 9.40. The maximum absolute atomic E-state index is 14.6. The van der Waals surface area contributed by atoms with Crippen molar-refractivity contribution >= 4 is 11.6 Å². The number of hydrogen-bond donors (Lipinski definition) is 1. The van der Waals surface area contributed by atoms with Gasteiger partial charge in [-0.15, -0.1) is 0 Å². The fourth-order valence-electron chi connectivity index (χ4n) is 5.84. The van der Waals surface area contributed by atoms with Crippen LogP contribution >= 0.6 is 0 Å². The summed E-state index contributed by atoms with van der Waals surface area (Å²) in [7, 11) is 1.63. The molecule has 230 valence electrons. The molecule has 3 heterocycles. The fraction of sp³-hybridized carbons (Fsp3) is 0.353. The van der Waals surface area contributed by atoms with Crippen LogP contribution in [0.1, 0.15) is 16.1 Å². The molecule has 0 atom stereocenters. The van der Waals surface area contributed by atoms with E-state index in [1.165, 1.54) is 0 Å². The standard InChI is InChI=1S/C34H39N5O5/c1-42-21-22-44-30-12-5-7-26(23-30)25-38-32(33(40)37-15-13-35-14-16-37)31(27-8-3-2-4-9-27)39(34(38)41)29-11-6-10-28(24-29)36-17-19-43-20-18-36/h2-12,23-24,35H,13-22,25H2,1H3. The number of methoxy groups -OCH3 is 1. The van der Waals surface area contributed by atoms with Gasteiger partial charge in [-0.05, 0) is 35.9 Å². The number of piperazine rings is 1. The first-order valence-electron chi connectivity index (χ1n) is 15.2. The summed E-state index contributed by atoms with van der Waals surface area (Å²) in [6.07, 6.45) is 0. The molecule has 1 N–H and O–H groups in total. The van der Waals surface area contributed by atoms with Crippen LogP contribution in [-0.4, -0.2) is 92.7 Å². The Labute approximate surface area is 257 Å². The number of morpholine rings is 1. The summed E-state index contributed by atoms with van der Waals surface area (Å²) in [6.45, 7) is 6.54. The van der Waals surface area contributed by atoms with Gasteiger partial charge in [-0.2, -0.15) is 0 Å². The second-order valence-electron chi connectivity index (χ2n) is 10.9. The van der Waals surface area contributed by atoms with Gasteiger partial charge >= 0.3 is 5.69 Å². The van der Waals surface area contributed by atoms with Gasteiger partial charge in [-0.1, -0.05) is 48.5 Å². The zero-order valence-corrected chi connectivity index (χ0v) is 25.1. The van der Waals surface area contributed by atoms with Crippen molar-refractivity contribution in [2.75, 3.05) is 77.7 Å².